The molecule has 0 fully saturated rings. The number of fused-ring (bicyclic) bond motifs is 1. The molecule has 96 valence electrons. The Morgan fingerprint density at radius 1 is 1.11 bits per heavy atom. The molecule has 3 nitrogen and oxygen atoms in total. The predicted octanol–water partition coefficient (Wildman–Crippen LogP) is 2.92. The minimum absolute atomic E-state index is 0.149. The zero-order valence-electron chi connectivity index (χ0n) is 11.0. The summed E-state index contributed by atoms with van der Waals surface area (Å²) in [6.07, 6.45) is 2.74. The third kappa shape index (κ3) is 2.25. The van der Waals surface area contributed by atoms with Gasteiger partial charge >= 0.3 is 0 Å². The highest BCUT2D eigenvalue weighted by Gasteiger charge is 2.09. The second kappa shape index (κ2) is 4.86. The molecule has 1 unspecified atom stereocenters. The van der Waals surface area contributed by atoms with Gasteiger partial charge in [-0.2, -0.15) is 0 Å². The molecule has 0 aliphatic rings. The summed E-state index contributed by atoms with van der Waals surface area (Å²) in [5.74, 6) is 0. The summed E-state index contributed by atoms with van der Waals surface area (Å²) in [5, 5.41) is 0. The lowest BCUT2D eigenvalue weighted by Crippen LogP contribution is -2.18. The van der Waals surface area contributed by atoms with E-state index in [4.69, 9.17) is 5.73 Å². The van der Waals surface area contributed by atoms with Gasteiger partial charge in [0.15, 0.2) is 0 Å². The zero-order valence-corrected chi connectivity index (χ0v) is 11.0. The van der Waals surface area contributed by atoms with Crippen LogP contribution in [0.1, 0.15) is 12.5 Å². The van der Waals surface area contributed by atoms with E-state index < -0.39 is 0 Å². The maximum Gasteiger partial charge on any atom is 0.100 e. The lowest BCUT2D eigenvalue weighted by molar-refractivity contribution is 0.734. The molecule has 0 saturated heterocycles. The Labute approximate surface area is 112 Å². The van der Waals surface area contributed by atoms with Gasteiger partial charge in [0, 0.05) is 6.04 Å². The molecule has 0 spiro atoms. The summed E-state index contributed by atoms with van der Waals surface area (Å²) < 4.78 is 2.13. The van der Waals surface area contributed by atoms with Gasteiger partial charge in [-0.05, 0) is 37.1 Å². The number of aromatic nitrogens is 2. The van der Waals surface area contributed by atoms with Crippen molar-refractivity contribution in [1.29, 1.82) is 0 Å². The van der Waals surface area contributed by atoms with E-state index in [9.17, 15) is 0 Å². The van der Waals surface area contributed by atoms with Gasteiger partial charge in [-0.3, -0.25) is 4.57 Å². The van der Waals surface area contributed by atoms with Gasteiger partial charge in [0.05, 0.1) is 16.7 Å². The normalized spacial score (nSPS) is 12.7. The molecule has 2 N–H and O–H groups in total. The molecule has 19 heavy (non-hydrogen) atoms. The van der Waals surface area contributed by atoms with Crippen LogP contribution in [-0.2, 0) is 6.42 Å². The van der Waals surface area contributed by atoms with Crippen molar-refractivity contribution in [2.24, 2.45) is 5.73 Å². The summed E-state index contributed by atoms with van der Waals surface area (Å²) in [7, 11) is 0. The van der Waals surface area contributed by atoms with Crippen LogP contribution in [0.4, 0.5) is 0 Å². The standard InChI is InChI=1S/C16H17N3/c1-12(17)10-13-6-2-4-8-15(13)19-11-18-14-7-3-5-9-16(14)19/h2-9,11-12H,10,17H2,1H3. The second-order valence-corrected chi connectivity index (χ2v) is 4.91. The summed E-state index contributed by atoms with van der Waals surface area (Å²) >= 11 is 0. The van der Waals surface area contributed by atoms with E-state index in [0.717, 1.165) is 23.1 Å². The van der Waals surface area contributed by atoms with Crippen LogP contribution >= 0.6 is 0 Å². The van der Waals surface area contributed by atoms with Gasteiger partial charge in [-0.25, -0.2) is 4.98 Å². The highest BCUT2D eigenvalue weighted by molar-refractivity contribution is 5.77. The molecule has 1 heterocycles. The Balaban J connectivity index is 2.16. The number of hydrogen-bond acceptors (Lipinski definition) is 2. The van der Waals surface area contributed by atoms with Gasteiger partial charge < -0.3 is 5.73 Å². The Morgan fingerprint density at radius 3 is 2.68 bits per heavy atom. The van der Waals surface area contributed by atoms with Crippen LogP contribution in [0.3, 0.4) is 0 Å². The zero-order chi connectivity index (χ0) is 13.2. The molecule has 0 radical (unpaired) electrons. The molecular weight excluding hydrogens is 234 g/mol. The minimum atomic E-state index is 0.149. The molecule has 3 heteroatoms. The molecule has 0 amide bonds. The fourth-order valence-electron chi connectivity index (χ4n) is 2.42. The quantitative estimate of drug-likeness (QED) is 0.777. The number of para-hydroxylation sites is 3. The molecule has 3 aromatic rings. The number of rotatable bonds is 3. The summed E-state index contributed by atoms with van der Waals surface area (Å²) in [6, 6.07) is 16.7. The van der Waals surface area contributed by atoms with Crippen LogP contribution in [0.2, 0.25) is 0 Å². The number of imidazole rings is 1. The third-order valence-electron chi connectivity index (χ3n) is 3.25. The van der Waals surface area contributed by atoms with Crippen molar-refractivity contribution in [2.45, 2.75) is 19.4 Å². The Bertz CT molecular complexity index is 698. The van der Waals surface area contributed by atoms with Crippen LogP contribution in [0, 0.1) is 0 Å². The number of hydrogen-bond donors (Lipinski definition) is 1. The first-order chi connectivity index (χ1) is 9.25. The van der Waals surface area contributed by atoms with Crippen LogP contribution in [0.25, 0.3) is 16.7 Å². The average Bonchev–Trinajstić information content (AvgIpc) is 2.82. The van der Waals surface area contributed by atoms with Gasteiger partial charge in [-0.1, -0.05) is 30.3 Å². The van der Waals surface area contributed by atoms with E-state index in [1.807, 2.05) is 31.5 Å². The molecule has 0 aliphatic heterocycles. The lowest BCUT2D eigenvalue weighted by Gasteiger charge is -2.13. The van der Waals surface area contributed by atoms with Gasteiger partial charge in [0.1, 0.15) is 6.33 Å². The van der Waals surface area contributed by atoms with Crippen molar-refractivity contribution in [3.05, 3.63) is 60.4 Å². The van der Waals surface area contributed by atoms with Crippen LogP contribution in [0.5, 0.6) is 0 Å². The fraction of sp³-hybridized carbons (Fsp3) is 0.188. The topological polar surface area (TPSA) is 43.8 Å². The number of benzene rings is 2. The van der Waals surface area contributed by atoms with Crippen LogP contribution in [0.15, 0.2) is 54.9 Å². The molecule has 0 saturated carbocycles. The van der Waals surface area contributed by atoms with Gasteiger partial charge in [0.2, 0.25) is 0 Å². The first-order valence-corrected chi connectivity index (χ1v) is 6.51. The van der Waals surface area contributed by atoms with Gasteiger partial charge in [-0.15, -0.1) is 0 Å². The summed E-state index contributed by atoms with van der Waals surface area (Å²) in [6.45, 7) is 2.03. The van der Waals surface area contributed by atoms with Crippen molar-refractivity contribution in [3.63, 3.8) is 0 Å². The van der Waals surface area contributed by atoms with E-state index in [0.29, 0.717) is 0 Å². The van der Waals surface area contributed by atoms with E-state index >= 15 is 0 Å². The molecule has 1 aromatic heterocycles. The van der Waals surface area contributed by atoms with E-state index in [2.05, 4.69) is 39.9 Å². The Morgan fingerprint density at radius 2 is 1.84 bits per heavy atom. The van der Waals surface area contributed by atoms with Crippen molar-refractivity contribution in [1.82, 2.24) is 9.55 Å². The lowest BCUT2D eigenvalue weighted by atomic mass is 10.1. The molecule has 0 bridgehead atoms. The highest BCUT2D eigenvalue weighted by atomic mass is 15.0. The second-order valence-electron chi connectivity index (χ2n) is 4.91. The first kappa shape index (κ1) is 11.9. The Kier molecular flexibility index (Phi) is 3.05. The minimum Gasteiger partial charge on any atom is -0.328 e. The first-order valence-electron chi connectivity index (χ1n) is 6.51. The highest BCUT2D eigenvalue weighted by Crippen LogP contribution is 2.21. The molecule has 0 aliphatic carbocycles. The summed E-state index contributed by atoms with van der Waals surface area (Å²) in [4.78, 5) is 4.45. The number of nitrogens with two attached hydrogens (primary N) is 1. The number of nitrogens with zero attached hydrogens (tertiary/aromatic N) is 2. The molecular formula is C16H17N3. The smallest absolute Gasteiger partial charge is 0.100 e. The molecule has 2 aromatic carbocycles. The van der Waals surface area contributed by atoms with E-state index in [-0.39, 0.29) is 6.04 Å². The largest absolute Gasteiger partial charge is 0.328 e. The van der Waals surface area contributed by atoms with Crippen molar-refractivity contribution < 1.29 is 0 Å². The molecule has 3 rings (SSSR count). The monoisotopic (exact) mass is 251 g/mol. The van der Waals surface area contributed by atoms with Crippen LogP contribution in [-0.4, -0.2) is 15.6 Å². The van der Waals surface area contributed by atoms with E-state index in [1.165, 1.54) is 5.56 Å². The van der Waals surface area contributed by atoms with Crippen molar-refractivity contribution >= 4 is 11.0 Å². The maximum absolute atomic E-state index is 5.93. The molecule has 1 atom stereocenters. The average molecular weight is 251 g/mol. The van der Waals surface area contributed by atoms with Crippen molar-refractivity contribution in [2.75, 3.05) is 0 Å². The SMILES string of the molecule is CC(N)Cc1ccccc1-n1cnc2ccccc21. The summed E-state index contributed by atoms with van der Waals surface area (Å²) in [5.41, 5.74) is 10.5. The fourth-order valence-corrected chi connectivity index (χ4v) is 2.42. The predicted molar refractivity (Wildman–Crippen MR) is 78.4 cm³/mol. The Hall–Kier alpha value is -2.13. The van der Waals surface area contributed by atoms with Crippen LogP contribution < -0.4 is 5.73 Å². The van der Waals surface area contributed by atoms with E-state index in [1.54, 1.807) is 0 Å². The third-order valence-corrected chi connectivity index (χ3v) is 3.25. The maximum atomic E-state index is 5.93. The van der Waals surface area contributed by atoms with Crippen molar-refractivity contribution in [3.8, 4) is 5.69 Å². The van der Waals surface area contributed by atoms with Gasteiger partial charge in [0.25, 0.3) is 0 Å².